The minimum atomic E-state index is 0.308. The van der Waals surface area contributed by atoms with E-state index >= 15 is 0 Å². The molecule has 0 saturated heterocycles. The van der Waals surface area contributed by atoms with Crippen LogP contribution >= 0.6 is 39.1 Å². The zero-order valence-corrected chi connectivity index (χ0v) is 12.8. The first-order valence-electron chi connectivity index (χ1n) is 5.40. The van der Waals surface area contributed by atoms with Gasteiger partial charge in [0, 0.05) is 4.47 Å². The fraction of sp³-hybridized carbons (Fsp3) is 0.0833. The number of benzene rings is 1. The van der Waals surface area contributed by atoms with Gasteiger partial charge >= 0.3 is 0 Å². The lowest BCUT2D eigenvalue weighted by molar-refractivity contribution is 0.919. The van der Waals surface area contributed by atoms with Gasteiger partial charge in [-0.1, -0.05) is 51.3 Å². The summed E-state index contributed by atoms with van der Waals surface area (Å²) in [4.78, 5) is 8.37. The standard InChI is InChI=1S/C12H7BrCl2N4/c1-6-16-12-17-10(14)9(11(15)19(12)18-6)7-3-2-4-8(13)5-7/h2-5H,1H3. The molecule has 19 heavy (non-hydrogen) atoms. The molecule has 0 radical (unpaired) electrons. The average molecular weight is 358 g/mol. The van der Waals surface area contributed by atoms with Crippen molar-refractivity contribution < 1.29 is 0 Å². The maximum atomic E-state index is 6.37. The van der Waals surface area contributed by atoms with E-state index in [2.05, 4.69) is 31.0 Å². The molecule has 0 aliphatic heterocycles. The maximum Gasteiger partial charge on any atom is 0.255 e. The molecule has 0 spiro atoms. The van der Waals surface area contributed by atoms with E-state index < -0.39 is 0 Å². The molecule has 3 rings (SSSR count). The Kier molecular flexibility index (Phi) is 3.20. The minimum Gasteiger partial charge on any atom is -0.198 e. The Balaban J connectivity index is 2.34. The second-order valence-corrected chi connectivity index (χ2v) is 5.58. The van der Waals surface area contributed by atoms with Gasteiger partial charge in [-0.15, -0.1) is 5.10 Å². The summed E-state index contributed by atoms with van der Waals surface area (Å²) in [6.07, 6.45) is 0. The van der Waals surface area contributed by atoms with E-state index in [1.807, 2.05) is 24.3 Å². The van der Waals surface area contributed by atoms with Crippen molar-refractivity contribution in [3.63, 3.8) is 0 Å². The third kappa shape index (κ3) is 2.22. The van der Waals surface area contributed by atoms with Crippen molar-refractivity contribution in [1.82, 2.24) is 19.6 Å². The summed E-state index contributed by atoms with van der Waals surface area (Å²) < 4.78 is 2.42. The van der Waals surface area contributed by atoms with E-state index in [4.69, 9.17) is 23.2 Å². The highest BCUT2D eigenvalue weighted by Gasteiger charge is 2.16. The Morgan fingerprint density at radius 1 is 1.21 bits per heavy atom. The Morgan fingerprint density at radius 2 is 2.00 bits per heavy atom. The van der Waals surface area contributed by atoms with Crippen LogP contribution in [0.1, 0.15) is 5.82 Å². The first-order chi connectivity index (χ1) is 9.06. The van der Waals surface area contributed by atoms with Crippen molar-refractivity contribution in [3.8, 4) is 11.1 Å². The molecule has 0 unspecified atom stereocenters. The summed E-state index contributed by atoms with van der Waals surface area (Å²) in [6, 6.07) is 7.67. The van der Waals surface area contributed by atoms with Gasteiger partial charge in [-0.3, -0.25) is 0 Å². The highest BCUT2D eigenvalue weighted by atomic mass is 79.9. The number of rotatable bonds is 1. The highest BCUT2D eigenvalue weighted by Crippen LogP contribution is 2.34. The van der Waals surface area contributed by atoms with Crippen LogP contribution < -0.4 is 0 Å². The van der Waals surface area contributed by atoms with Crippen LogP contribution in [0.2, 0.25) is 10.3 Å². The molecule has 0 aliphatic carbocycles. The lowest BCUT2D eigenvalue weighted by Crippen LogP contribution is -1.97. The summed E-state index contributed by atoms with van der Waals surface area (Å²) in [7, 11) is 0. The zero-order valence-electron chi connectivity index (χ0n) is 9.73. The number of aryl methyl sites for hydroxylation is 1. The third-order valence-electron chi connectivity index (χ3n) is 2.61. The van der Waals surface area contributed by atoms with Gasteiger partial charge in [-0.05, 0) is 24.6 Å². The fourth-order valence-electron chi connectivity index (χ4n) is 1.82. The molecule has 1 aromatic carbocycles. The normalized spacial score (nSPS) is 11.2. The largest absolute Gasteiger partial charge is 0.255 e. The Hall–Kier alpha value is -1.17. The van der Waals surface area contributed by atoms with Crippen molar-refractivity contribution in [2.24, 2.45) is 0 Å². The molecule has 0 fully saturated rings. The SMILES string of the molecule is Cc1nc2nc(Cl)c(-c3cccc(Br)c3)c(Cl)n2n1. The predicted octanol–water partition coefficient (Wildman–Crippen LogP) is 4.17. The quantitative estimate of drug-likeness (QED) is 0.614. The van der Waals surface area contributed by atoms with Crippen LogP contribution in [-0.2, 0) is 0 Å². The topological polar surface area (TPSA) is 43.1 Å². The first kappa shape index (κ1) is 12.8. The van der Waals surface area contributed by atoms with E-state index in [1.165, 1.54) is 4.52 Å². The van der Waals surface area contributed by atoms with Gasteiger partial charge in [-0.25, -0.2) is 0 Å². The number of nitrogens with zero attached hydrogens (tertiary/aromatic N) is 4. The number of hydrogen-bond donors (Lipinski definition) is 0. The van der Waals surface area contributed by atoms with E-state index in [1.54, 1.807) is 6.92 Å². The lowest BCUT2D eigenvalue weighted by atomic mass is 10.1. The van der Waals surface area contributed by atoms with Crippen molar-refractivity contribution in [2.45, 2.75) is 6.92 Å². The van der Waals surface area contributed by atoms with Crippen molar-refractivity contribution >= 4 is 44.9 Å². The van der Waals surface area contributed by atoms with Gasteiger partial charge in [-0.2, -0.15) is 14.5 Å². The molecule has 2 heterocycles. The Bertz CT molecular complexity index is 785. The van der Waals surface area contributed by atoms with Crippen LogP contribution in [0.15, 0.2) is 28.7 Å². The van der Waals surface area contributed by atoms with Crippen LogP contribution in [0.3, 0.4) is 0 Å². The van der Waals surface area contributed by atoms with E-state index in [9.17, 15) is 0 Å². The molecule has 7 heteroatoms. The van der Waals surface area contributed by atoms with E-state index in [0.717, 1.165) is 10.0 Å². The van der Waals surface area contributed by atoms with Gasteiger partial charge in [0.05, 0.1) is 5.56 Å². The van der Waals surface area contributed by atoms with Crippen LogP contribution in [0.25, 0.3) is 16.9 Å². The number of aromatic nitrogens is 4. The van der Waals surface area contributed by atoms with Crippen LogP contribution in [0.5, 0.6) is 0 Å². The number of halogens is 3. The Morgan fingerprint density at radius 3 is 2.74 bits per heavy atom. The van der Waals surface area contributed by atoms with Crippen molar-refractivity contribution in [2.75, 3.05) is 0 Å². The second kappa shape index (κ2) is 4.74. The minimum absolute atomic E-state index is 0.308. The summed E-state index contributed by atoms with van der Waals surface area (Å²) >= 11 is 16.0. The predicted molar refractivity (Wildman–Crippen MR) is 78.7 cm³/mol. The van der Waals surface area contributed by atoms with Gasteiger partial charge in [0.1, 0.15) is 16.1 Å². The summed E-state index contributed by atoms with van der Waals surface area (Å²) in [5, 5.41) is 4.91. The van der Waals surface area contributed by atoms with E-state index in [0.29, 0.717) is 27.5 Å². The number of fused-ring (bicyclic) bond motifs is 1. The summed E-state index contributed by atoms with van der Waals surface area (Å²) in [6.45, 7) is 1.78. The molecule has 96 valence electrons. The molecule has 2 aromatic heterocycles. The molecule has 0 bridgehead atoms. The summed E-state index contributed by atoms with van der Waals surface area (Å²) in [5.74, 6) is 0.989. The molecular weight excluding hydrogens is 351 g/mol. The molecule has 4 nitrogen and oxygen atoms in total. The maximum absolute atomic E-state index is 6.37. The molecule has 0 atom stereocenters. The van der Waals surface area contributed by atoms with E-state index in [-0.39, 0.29) is 0 Å². The molecule has 0 N–H and O–H groups in total. The molecular formula is C12H7BrCl2N4. The highest BCUT2D eigenvalue weighted by molar-refractivity contribution is 9.10. The number of hydrogen-bond acceptors (Lipinski definition) is 3. The van der Waals surface area contributed by atoms with Gasteiger partial charge in [0.25, 0.3) is 5.78 Å². The van der Waals surface area contributed by atoms with Crippen LogP contribution in [0, 0.1) is 6.92 Å². The first-order valence-corrected chi connectivity index (χ1v) is 6.95. The molecule has 0 aliphatic rings. The smallest absolute Gasteiger partial charge is 0.198 e. The third-order valence-corrected chi connectivity index (χ3v) is 3.72. The summed E-state index contributed by atoms with van der Waals surface area (Å²) in [5.41, 5.74) is 1.51. The van der Waals surface area contributed by atoms with Gasteiger partial charge < -0.3 is 0 Å². The molecule has 3 aromatic rings. The lowest BCUT2D eigenvalue weighted by Gasteiger charge is -2.07. The van der Waals surface area contributed by atoms with Crippen molar-refractivity contribution in [3.05, 3.63) is 44.9 Å². The Labute approximate surface area is 127 Å². The van der Waals surface area contributed by atoms with Crippen molar-refractivity contribution in [1.29, 1.82) is 0 Å². The van der Waals surface area contributed by atoms with Crippen LogP contribution in [-0.4, -0.2) is 19.6 Å². The van der Waals surface area contributed by atoms with Gasteiger partial charge in [0.2, 0.25) is 0 Å². The second-order valence-electron chi connectivity index (χ2n) is 3.95. The van der Waals surface area contributed by atoms with Crippen LogP contribution in [0.4, 0.5) is 0 Å². The molecule has 0 amide bonds. The molecule has 0 saturated carbocycles. The fourth-order valence-corrected chi connectivity index (χ4v) is 2.86. The average Bonchev–Trinajstić information content (AvgIpc) is 2.70. The zero-order chi connectivity index (χ0) is 13.6. The monoisotopic (exact) mass is 356 g/mol. The van der Waals surface area contributed by atoms with Gasteiger partial charge in [0.15, 0.2) is 0 Å².